The zero-order valence-electron chi connectivity index (χ0n) is 16.2. The van der Waals surface area contributed by atoms with E-state index in [-0.39, 0.29) is 23.9 Å². The lowest BCUT2D eigenvalue weighted by Gasteiger charge is -2.43. The Hall–Kier alpha value is -1.45. The van der Waals surface area contributed by atoms with Crippen LogP contribution in [0.15, 0.2) is 35.2 Å². The molecule has 2 aliphatic heterocycles. The molecule has 2 N–H and O–H groups in total. The van der Waals surface area contributed by atoms with Crippen molar-refractivity contribution >= 4 is 39.5 Å². The molecule has 0 bridgehead atoms. The number of hydrogen-bond acceptors (Lipinski definition) is 6. The lowest BCUT2D eigenvalue weighted by Crippen LogP contribution is -2.45. The summed E-state index contributed by atoms with van der Waals surface area (Å²) in [5, 5.41) is 0. The van der Waals surface area contributed by atoms with Gasteiger partial charge < -0.3 is 10.5 Å². The summed E-state index contributed by atoms with van der Waals surface area (Å²) in [5.74, 6) is -0.371. The van der Waals surface area contributed by atoms with Crippen molar-refractivity contribution in [1.29, 1.82) is 0 Å². The average molecular weight is 457 g/mol. The Morgan fingerprint density at radius 1 is 1.24 bits per heavy atom. The fraction of sp³-hybridized carbons (Fsp3) is 0.450. The van der Waals surface area contributed by atoms with Crippen LogP contribution in [0.5, 0.6) is 0 Å². The lowest BCUT2D eigenvalue weighted by molar-refractivity contribution is -0.0960. The maximum Gasteiger partial charge on any atom is 0.258 e. The highest BCUT2D eigenvalue weighted by molar-refractivity contribution is 7.90. The first kappa shape index (κ1) is 22.2. The lowest BCUT2D eigenvalue weighted by atomic mass is 9.85. The SMILES string of the molecule is CS(=O)(=O)c1ccc(CN2CCC3(CC2)OCCc2cc(C(N)=O)sc23)cc1.Cl. The third-order valence-corrected chi connectivity index (χ3v) is 8.14. The van der Waals surface area contributed by atoms with Crippen LogP contribution in [0.1, 0.15) is 38.5 Å². The molecular formula is C20H25ClN2O4S2. The Labute approximate surface area is 181 Å². The summed E-state index contributed by atoms with van der Waals surface area (Å²) in [6.07, 6.45) is 3.80. The van der Waals surface area contributed by atoms with E-state index >= 15 is 0 Å². The maximum atomic E-state index is 11.6. The molecule has 0 aliphatic carbocycles. The van der Waals surface area contributed by atoms with Gasteiger partial charge in [-0.3, -0.25) is 9.69 Å². The number of hydrogen-bond donors (Lipinski definition) is 1. The molecule has 1 spiro atoms. The van der Waals surface area contributed by atoms with Gasteiger partial charge in [-0.25, -0.2) is 8.42 Å². The van der Waals surface area contributed by atoms with Gasteiger partial charge in [-0.1, -0.05) is 12.1 Å². The van der Waals surface area contributed by atoms with E-state index in [0.717, 1.165) is 44.5 Å². The highest BCUT2D eigenvalue weighted by Crippen LogP contribution is 2.45. The number of fused-ring (bicyclic) bond motifs is 2. The minimum Gasteiger partial charge on any atom is -0.369 e. The van der Waals surface area contributed by atoms with Crippen LogP contribution < -0.4 is 5.73 Å². The van der Waals surface area contributed by atoms with Crippen molar-refractivity contribution in [1.82, 2.24) is 4.90 Å². The van der Waals surface area contributed by atoms with Crippen LogP contribution in [0.3, 0.4) is 0 Å². The number of ether oxygens (including phenoxy) is 1. The smallest absolute Gasteiger partial charge is 0.258 e. The number of benzene rings is 1. The molecule has 0 unspecified atom stereocenters. The van der Waals surface area contributed by atoms with Crippen molar-refractivity contribution in [2.24, 2.45) is 5.73 Å². The summed E-state index contributed by atoms with van der Waals surface area (Å²) in [6.45, 7) is 3.23. The van der Waals surface area contributed by atoms with Crippen molar-refractivity contribution < 1.29 is 17.9 Å². The van der Waals surface area contributed by atoms with Crippen LogP contribution >= 0.6 is 23.7 Å². The number of carbonyl (C=O) groups excluding carboxylic acids is 1. The molecule has 29 heavy (non-hydrogen) atoms. The molecule has 158 valence electrons. The molecule has 1 amide bonds. The van der Waals surface area contributed by atoms with Crippen molar-refractivity contribution in [2.75, 3.05) is 26.0 Å². The predicted octanol–water partition coefficient (Wildman–Crippen LogP) is 2.74. The first-order valence-electron chi connectivity index (χ1n) is 9.35. The number of sulfone groups is 1. The van der Waals surface area contributed by atoms with Gasteiger partial charge in [-0.15, -0.1) is 23.7 Å². The van der Waals surface area contributed by atoms with E-state index in [1.807, 2.05) is 18.2 Å². The van der Waals surface area contributed by atoms with Crippen molar-refractivity contribution in [3.8, 4) is 0 Å². The Bertz CT molecular complexity index is 994. The fourth-order valence-corrected chi connectivity index (χ4v) is 5.98. The number of amides is 1. The van der Waals surface area contributed by atoms with Crippen LogP contribution in [0.2, 0.25) is 0 Å². The largest absolute Gasteiger partial charge is 0.369 e. The normalized spacial score (nSPS) is 18.8. The molecule has 2 aliphatic rings. The molecule has 1 fully saturated rings. The second kappa shape index (κ2) is 8.35. The van der Waals surface area contributed by atoms with E-state index in [0.29, 0.717) is 16.4 Å². The summed E-state index contributed by atoms with van der Waals surface area (Å²) in [6, 6.07) is 9.04. The van der Waals surface area contributed by atoms with Gasteiger partial charge in [0.25, 0.3) is 5.91 Å². The highest BCUT2D eigenvalue weighted by atomic mass is 35.5. The van der Waals surface area contributed by atoms with Crippen molar-refractivity contribution in [2.45, 2.75) is 36.3 Å². The molecule has 1 aromatic carbocycles. The molecule has 9 heteroatoms. The van der Waals surface area contributed by atoms with Crippen molar-refractivity contribution in [3.05, 3.63) is 51.2 Å². The highest BCUT2D eigenvalue weighted by Gasteiger charge is 2.42. The number of nitrogens with zero attached hydrogens (tertiary/aromatic N) is 1. The van der Waals surface area contributed by atoms with E-state index < -0.39 is 9.84 Å². The monoisotopic (exact) mass is 456 g/mol. The van der Waals surface area contributed by atoms with Gasteiger partial charge in [0.15, 0.2) is 9.84 Å². The van der Waals surface area contributed by atoms with Gasteiger partial charge in [0.05, 0.1) is 16.4 Å². The number of rotatable bonds is 4. The first-order chi connectivity index (χ1) is 13.3. The summed E-state index contributed by atoms with van der Waals surface area (Å²) >= 11 is 1.48. The average Bonchev–Trinajstić information content (AvgIpc) is 3.10. The van der Waals surface area contributed by atoms with Gasteiger partial charge in [0, 0.05) is 30.8 Å². The predicted molar refractivity (Wildman–Crippen MR) is 115 cm³/mol. The van der Waals surface area contributed by atoms with E-state index in [1.54, 1.807) is 12.1 Å². The molecule has 2 aromatic rings. The zero-order chi connectivity index (χ0) is 19.9. The number of likely N-dealkylation sites (tertiary alicyclic amines) is 1. The Kier molecular flexibility index (Phi) is 6.41. The number of piperidine rings is 1. The first-order valence-corrected chi connectivity index (χ1v) is 12.1. The van der Waals surface area contributed by atoms with Gasteiger partial charge in [0.2, 0.25) is 0 Å². The number of carbonyl (C=O) groups is 1. The summed E-state index contributed by atoms with van der Waals surface area (Å²) in [7, 11) is -3.17. The standard InChI is InChI=1S/C20H24N2O4S2.ClH/c1-28(24,25)16-4-2-14(3-5-16)13-22-9-7-20(8-10-22)18-15(6-11-26-20)12-17(27-18)19(21)23;/h2-5,12H,6-11,13H2,1H3,(H2,21,23);1H. The van der Waals surface area contributed by atoms with Crippen molar-refractivity contribution in [3.63, 3.8) is 0 Å². The van der Waals surface area contributed by atoms with Crippen LogP contribution in [-0.4, -0.2) is 45.2 Å². The third-order valence-electron chi connectivity index (χ3n) is 5.64. The van der Waals surface area contributed by atoms with Crippen LogP contribution in [0.4, 0.5) is 0 Å². The molecule has 0 radical (unpaired) electrons. The van der Waals surface area contributed by atoms with Crippen LogP contribution in [0.25, 0.3) is 0 Å². The summed E-state index contributed by atoms with van der Waals surface area (Å²) < 4.78 is 29.4. The molecule has 4 rings (SSSR count). The minimum absolute atomic E-state index is 0. The molecule has 0 saturated carbocycles. The Balaban J connectivity index is 0.00000240. The quantitative estimate of drug-likeness (QED) is 0.763. The van der Waals surface area contributed by atoms with Gasteiger partial charge >= 0.3 is 0 Å². The molecular weight excluding hydrogens is 432 g/mol. The van der Waals surface area contributed by atoms with Gasteiger partial charge in [0.1, 0.15) is 5.60 Å². The second-order valence-corrected chi connectivity index (χ2v) is 10.7. The number of halogens is 1. The maximum absolute atomic E-state index is 11.6. The molecule has 0 atom stereocenters. The summed E-state index contributed by atoms with van der Waals surface area (Å²) in [5.41, 5.74) is 7.47. The van der Waals surface area contributed by atoms with Crippen LogP contribution in [0, 0.1) is 0 Å². The van der Waals surface area contributed by atoms with E-state index in [1.165, 1.54) is 28.0 Å². The number of primary amides is 1. The molecule has 3 heterocycles. The fourth-order valence-electron chi connectivity index (χ4n) is 4.09. The van der Waals surface area contributed by atoms with Gasteiger partial charge in [-0.05, 0) is 48.6 Å². The summed E-state index contributed by atoms with van der Waals surface area (Å²) in [4.78, 5) is 16.1. The topological polar surface area (TPSA) is 89.7 Å². The molecule has 1 saturated heterocycles. The Morgan fingerprint density at radius 3 is 2.48 bits per heavy atom. The van der Waals surface area contributed by atoms with Gasteiger partial charge in [-0.2, -0.15) is 0 Å². The molecule has 6 nitrogen and oxygen atoms in total. The number of nitrogens with two attached hydrogens (primary N) is 1. The van der Waals surface area contributed by atoms with E-state index in [4.69, 9.17) is 10.5 Å². The zero-order valence-corrected chi connectivity index (χ0v) is 18.7. The second-order valence-electron chi connectivity index (χ2n) is 7.61. The number of thiophene rings is 1. The Morgan fingerprint density at radius 2 is 1.90 bits per heavy atom. The molecule has 1 aromatic heterocycles. The third kappa shape index (κ3) is 4.51. The van der Waals surface area contributed by atoms with Crippen LogP contribution in [-0.2, 0) is 33.1 Å². The minimum atomic E-state index is -3.17. The van der Waals surface area contributed by atoms with E-state index in [9.17, 15) is 13.2 Å². The van der Waals surface area contributed by atoms with E-state index in [2.05, 4.69) is 4.90 Å².